The van der Waals surface area contributed by atoms with Crippen molar-refractivity contribution < 1.29 is 58.8 Å². The van der Waals surface area contributed by atoms with Gasteiger partial charge in [0.15, 0.2) is 0 Å². The molecule has 0 unspecified atom stereocenters. The largest absolute Gasteiger partial charge is 0.481 e. The average molecular weight is 676 g/mol. The molecule has 0 aliphatic carbocycles. The molecule has 19 nitrogen and oxygen atoms in total. The van der Waals surface area contributed by atoms with Crippen molar-refractivity contribution in [3.05, 3.63) is 0 Å². The molecular weight excluding hydrogens is 626 g/mol. The van der Waals surface area contributed by atoms with Gasteiger partial charge >= 0.3 is 11.9 Å². The first-order chi connectivity index (χ1) is 21.8. The van der Waals surface area contributed by atoms with E-state index in [1.807, 2.05) is 0 Å². The van der Waals surface area contributed by atoms with Gasteiger partial charge in [-0.25, -0.2) is 0 Å². The Labute approximate surface area is 272 Å². The Hall–Kier alpha value is -4.36. The molecule has 0 spiro atoms. The number of aliphatic carboxylic acids is 2. The fourth-order valence-electron chi connectivity index (χ4n) is 3.92. The lowest BCUT2D eigenvalue weighted by Gasteiger charge is -2.28. The molecule has 0 aliphatic rings. The zero-order valence-corrected chi connectivity index (χ0v) is 27.4. The van der Waals surface area contributed by atoms with Gasteiger partial charge in [-0.15, -0.1) is 0 Å². The minimum absolute atomic E-state index is 0.0419. The smallest absolute Gasteiger partial charge is 0.325 e. The summed E-state index contributed by atoms with van der Waals surface area (Å²) in [6.07, 6.45) is -0.608. The third kappa shape index (κ3) is 15.2. The first-order valence-electron chi connectivity index (χ1n) is 15.0. The lowest BCUT2D eigenvalue weighted by atomic mass is 9.97. The Morgan fingerprint density at radius 2 is 1.02 bits per heavy atom. The lowest BCUT2D eigenvalue weighted by Crippen LogP contribution is -2.61. The molecule has 0 bridgehead atoms. The van der Waals surface area contributed by atoms with Gasteiger partial charge in [-0.2, -0.15) is 0 Å². The van der Waals surface area contributed by atoms with Crippen molar-refractivity contribution in [2.24, 2.45) is 17.6 Å². The number of carboxylic acids is 2. The summed E-state index contributed by atoms with van der Waals surface area (Å²) in [4.78, 5) is 99.5. The number of aliphatic hydroxyl groups excluding tert-OH is 2. The summed E-state index contributed by atoms with van der Waals surface area (Å²) in [5.41, 5.74) is 5.44. The second-order valence-corrected chi connectivity index (χ2v) is 11.6. The maximum absolute atomic E-state index is 13.3. The van der Waals surface area contributed by atoms with Crippen molar-refractivity contribution >= 4 is 47.4 Å². The SMILES string of the molecule is CC[C@H](C)[C@H](NC(=O)[C@H](CC(=O)O)NC(=O)[C@H](CC(C)C)NC(=O)[C@H](CO)NC(=O)[C@H](CO)NC(=O)[C@H](C)N)C(=O)N[C@@H](C)C(=O)O. The van der Waals surface area contributed by atoms with Crippen molar-refractivity contribution in [1.82, 2.24) is 31.9 Å². The van der Waals surface area contributed by atoms with Crippen molar-refractivity contribution in [2.75, 3.05) is 13.2 Å². The molecule has 0 aromatic carbocycles. The summed E-state index contributed by atoms with van der Waals surface area (Å²) in [6.45, 7) is 7.41. The Kier molecular flexibility index (Phi) is 18.8. The first kappa shape index (κ1) is 42.6. The topological polar surface area (TPSA) is 316 Å². The number of carbonyl (C=O) groups is 8. The molecule has 0 rings (SSSR count). The van der Waals surface area contributed by atoms with Crippen LogP contribution >= 0.6 is 0 Å². The van der Waals surface area contributed by atoms with Crippen LogP contribution in [0.2, 0.25) is 0 Å². The number of amides is 6. The monoisotopic (exact) mass is 675 g/mol. The molecule has 12 N–H and O–H groups in total. The zero-order chi connectivity index (χ0) is 36.6. The molecule has 0 aliphatic heterocycles. The molecule has 6 amide bonds. The van der Waals surface area contributed by atoms with E-state index in [9.17, 15) is 53.7 Å². The van der Waals surface area contributed by atoms with Crippen molar-refractivity contribution in [2.45, 2.75) is 103 Å². The Morgan fingerprint density at radius 1 is 0.596 bits per heavy atom. The minimum Gasteiger partial charge on any atom is -0.481 e. The van der Waals surface area contributed by atoms with Gasteiger partial charge in [-0.3, -0.25) is 38.4 Å². The van der Waals surface area contributed by atoms with Crippen LogP contribution in [0.1, 0.15) is 60.8 Å². The molecule has 19 heteroatoms. The number of nitrogens with one attached hydrogen (secondary N) is 6. The van der Waals surface area contributed by atoms with Crippen LogP contribution in [-0.4, -0.2) is 123 Å². The highest BCUT2D eigenvalue weighted by molar-refractivity contribution is 5.98. The molecule has 0 aromatic heterocycles. The summed E-state index contributed by atoms with van der Waals surface area (Å²) in [6, 6.07) is -9.93. The van der Waals surface area contributed by atoms with Gasteiger partial charge in [0, 0.05) is 0 Å². The van der Waals surface area contributed by atoms with E-state index >= 15 is 0 Å². The maximum atomic E-state index is 13.3. The fraction of sp³-hybridized carbons (Fsp3) is 0.714. The van der Waals surface area contributed by atoms with Gasteiger partial charge in [0.05, 0.1) is 25.7 Å². The third-order valence-electron chi connectivity index (χ3n) is 6.92. The highest BCUT2D eigenvalue weighted by atomic mass is 16.4. The summed E-state index contributed by atoms with van der Waals surface area (Å²) in [5.74, 6) is -9.38. The second kappa shape index (κ2) is 20.7. The molecule has 47 heavy (non-hydrogen) atoms. The van der Waals surface area contributed by atoms with Crippen LogP contribution in [-0.2, 0) is 38.4 Å². The van der Waals surface area contributed by atoms with Gasteiger partial charge in [0.1, 0.15) is 36.3 Å². The lowest BCUT2D eigenvalue weighted by molar-refractivity contribution is -0.143. The normalized spacial score (nSPS) is 16.1. The van der Waals surface area contributed by atoms with Crippen LogP contribution in [0.5, 0.6) is 0 Å². The van der Waals surface area contributed by atoms with Crippen LogP contribution < -0.4 is 37.6 Å². The molecule has 0 aromatic rings. The summed E-state index contributed by atoms with van der Waals surface area (Å²) >= 11 is 0. The second-order valence-electron chi connectivity index (χ2n) is 11.6. The van der Waals surface area contributed by atoms with E-state index in [4.69, 9.17) is 10.8 Å². The van der Waals surface area contributed by atoms with E-state index in [0.717, 1.165) is 0 Å². The van der Waals surface area contributed by atoms with Crippen molar-refractivity contribution in [3.63, 3.8) is 0 Å². The molecular formula is C28H49N7O12. The molecule has 0 fully saturated rings. The summed E-state index contributed by atoms with van der Waals surface area (Å²) in [7, 11) is 0. The number of nitrogens with two attached hydrogens (primary N) is 1. The van der Waals surface area contributed by atoms with Crippen molar-refractivity contribution in [3.8, 4) is 0 Å². The number of aliphatic hydroxyl groups is 2. The number of carbonyl (C=O) groups excluding carboxylic acids is 6. The van der Waals surface area contributed by atoms with E-state index in [0.29, 0.717) is 6.42 Å². The van der Waals surface area contributed by atoms with Crippen LogP contribution in [0.3, 0.4) is 0 Å². The number of hydrogen-bond acceptors (Lipinski definition) is 11. The molecule has 0 radical (unpaired) electrons. The molecule has 0 saturated heterocycles. The number of hydrogen-bond donors (Lipinski definition) is 11. The van der Waals surface area contributed by atoms with E-state index in [1.54, 1.807) is 27.7 Å². The van der Waals surface area contributed by atoms with Gasteiger partial charge in [-0.05, 0) is 32.1 Å². The fourth-order valence-corrected chi connectivity index (χ4v) is 3.92. The van der Waals surface area contributed by atoms with E-state index in [1.165, 1.54) is 13.8 Å². The van der Waals surface area contributed by atoms with Crippen LogP contribution in [0.25, 0.3) is 0 Å². The van der Waals surface area contributed by atoms with Crippen molar-refractivity contribution in [1.29, 1.82) is 0 Å². The number of rotatable bonds is 21. The van der Waals surface area contributed by atoms with Gasteiger partial charge in [-0.1, -0.05) is 34.1 Å². The summed E-state index contributed by atoms with van der Waals surface area (Å²) in [5, 5.41) is 51.4. The number of carboxylic acid groups (broad SMARTS) is 2. The molecule has 8 atom stereocenters. The highest BCUT2D eigenvalue weighted by Gasteiger charge is 2.35. The molecule has 0 heterocycles. The van der Waals surface area contributed by atoms with Crippen LogP contribution in [0, 0.1) is 11.8 Å². The van der Waals surface area contributed by atoms with Gasteiger partial charge in [0.25, 0.3) is 0 Å². The van der Waals surface area contributed by atoms with Crippen LogP contribution in [0.15, 0.2) is 0 Å². The predicted octanol–water partition coefficient (Wildman–Crippen LogP) is -4.10. The Balaban J connectivity index is 5.98. The standard InChI is InChI=1S/C28H49N7O12/c1-7-13(4)21(27(45)30-15(6)28(46)47)35-24(42)17(9-20(38)39)32-23(41)16(8-12(2)3)31-25(43)19(11-37)34-26(44)18(10-36)33-22(40)14(5)29/h12-19,21,36-37H,7-11,29H2,1-6H3,(H,30,45)(H,31,43)(H,32,41)(H,33,40)(H,34,44)(H,35,42)(H,38,39)(H,46,47)/t13-,14-,15-,16-,17-,18-,19-,21-/m0/s1. The summed E-state index contributed by atoms with van der Waals surface area (Å²) < 4.78 is 0. The predicted molar refractivity (Wildman–Crippen MR) is 164 cm³/mol. The molecule has 268 valence electrons. The van der Waals surface area contributed by atoms with Gasteiger partial charge < -0.3 is 58.1 Å². The van der Waals surface area contributed by atoms with E-state index in [2.05, 4.69) is 31.9 Å². The van der Waals surface area contributed by atoms with E-state index < -0.39 is 115 Å². The maximum Gasteiger partial charge on any atom is 0.325 e. The minimum atomic E-state index is -1.74. The van der Waals surface area contributed by atoms with E-state index in [-0.39, 0.29) is 12.3 Å². The molecule has 0 saturated carbocycles. The van der Waals surface area contributed by atoms with Crippen LogP contribution in [0.4, 0.5) is 0 Å². The zero-order valence-electron chi connectivity index (χ0n) is 27.4. The average Bonchev–Trinajstić information content (AvgIpc) is 2.98. The van der Waals surface area contributed by atoms with Gasteiger partial charge in [0.2, 0.25) is 35.4 Å². The first-order valence-corrected chi connectivity index (χ1v) is 15.0. The highest BCUT2D eigenvalue weighted by Crippen LogP contribution is 2.11. The third-order valence-corrected chi connectivity index (χ3v) is 6.92. The Bertz CT molecular complexity index is 1130. The quantitative estimate of drug-likeness (QED) is 0.0552. The Morgan fingerprint density at radius 3 is 1.43 bits per heavy atom.